The Balaban J connectivity index is 3.15. The lowest BCUT2D eigenvalue weighted by Gasteiger charge is -2.31. The average molecular weight is 253 g/mol. The number of phenolic OH excluding ortho intramolecular Hbond substituents is 2. The first kappa shape index (κ1) is 13.8. The van der Waals surface area contributed by atoms with Crippen molar-refractivity contribution in [2.75, 3.05) is 7.05 Å². The van der Waals surface area contributed by atoms with Crippen molar-refractivity contribution < 1.29 is 24.9 Å². The first-order chi connectivity index (χ1) is 8.17. The number of phenols is 2. The smallest absolute Gasteiger partial charge is 0.329 e. The summed E-state index contributed by atoms with van der Waals surface area (Å²) in [7, 11) is 1.32. The number of carboxylic acids is 1. The molecule has 0 saturated heterocycles. The lowest BCUT2D eigenvalue weighted by atomic mass is 10.0. The summed E-state index contributed by atoms with van der Waals surface area (Å²) in [6.07, 6.45) is 0. The standard InChI is InChI=1S/C12H15NO5/c1-12(2,11(17)18)13(3)10(16)8-6-7(14)4-5-9(8)15/h4-6,14-15H,1-3H3,(H,17,18). The normalized spacial score (nSPS) is 11.1. The zero-order valence-corrected chi connectivity index (χ0v) is 10.3. The molecule has 0 fully saturated rings. The van der Waals surface area contributed by atoms with Gasteiger partial charge in [0.2, 0.25) is 0 Å². The largest absolute Gasteiger partial charge is 0.508 e. The van der Waals surface area contributed by atoms with Crippen molar-refractivity contribution in [2.24, 2.45) is 0 Å². The molecule has 98 valence electrons. The summed E-state index contributed by atoms with van der Waals surface area (Å²) in [5.74, 6) is -2.35. The third-order valence-corrected chi connectivity index (χ3v) is 2.88. The molecule has 6 nitrogen and oxygen atoms in total. The van der Waals surface area contributed by atoms with Crippen molar-refractivity contribution in [1.29, 1.82) is 0 Å². The molecule has 0 saturated carbocycles. The van der Waals surface area contributed by atoms with Gasteiger partial charge in [-0.25, -0.2) is 4.79 Å². The monoisotopic (exact) mass is 253 g/mol. The van der Waals surface area contributed by atoms with Crippen LogP contribution in [0.4, 0.5) is 0 Å². The van der Waals surface area contributed by atoms with Crippen LogP contribution < -0.4 is 0 Å². The van der Waals surface area contributed by atoms with Crippen LogP contribution >= 0.6 is 0 Å². The van der Waals surface area contributed by atoms with Gasteiger partial charge in [-0.05, 0) is 32.0 Å². The molecule has 0 bridgehead atoms. The second-order valence-corrected chi connectivity index (χ2v) is 4.43. The van der Waals surface area contributed by atoms with E-state index in [0.29, 0.717) is 0 Å². The van der Waals surface area contributed by atoms with Crippen molar-refractivity contribution in [3.8, 4) is 11.5 Å². The molecule has 0 aromatic heterocycles. The van der Waals surface area contributed by atoms with Crippen LogP contribution in [0.1, 0.15) is 24.2 Å². The number of carbonyl (C=O) groups excluding carboxylic acids is 1. The highest BCUT2D eigenvalue weighted by atomic mass is 16.4. The Kier molecular flexibility index (Phi) is 3.50. The number of carbonyl (C=O) groups is 2. The van der Waals surface area contributed by atoms with E-state index in [4.69, 9.17) is 5.11 Å². The fraction of sp³-hybridized carbons (Fsp3) is 0.333. The molecule has 0 unspecified atom stereocenters. The van der Waals surface area contributed by atoms with Gasteiger partial charge in [0, 0.05) is 7.05 Å². The summed E-state index contributed by atoms with van der Waals surface area (Å²) >= 11 is 0. The molecule has 3 N–H and O–H groups in total. The number of carboxylic acid groups (broad SMARTS) is 1. The molecule has 6 heteroatoms. The third kappa shape index (κ3) is 2.37. The minimum absolute atomic E-state index is 0.146. The van der Waals surface area contributed by atoms with Gasteiger partial charge in [-0.15, -0.1) is 0 Å². The maximum atomic E-state index is 12.1. The number of aromatic hydroxyl groups is 2. The zero-order valence-electron chi connectivity index (χ0n) is 10.3. The highest BCUT2D eigenvalue weighted by Crippen LogP contribution is 2.25. The van der Waals surface area contributed by atoms with Crippen LogP contribution in [0.5, 0.6) is 11.5 Å². The predicted octanol–water partition coefficient (Wildman–Crippen LogP) is 1.03. The van der Waals surface area contributed by atoms with E-state index >= 15 is 0 Å². The van der Waals surface area contributed by atoms with E-state index in [1.54, 1.807) is 0 Å². The topological polar surface area (TPSA) is 98.1 Å². The Morgan fingerprint density at radius 2 is 1.78 bits per heavy atom. The molecule has 0 aliphatic heterocycles. The third-order valence-electron chi connectivity index (χ3n) is 2.88. The van der Waals surface area contributed by atoms with Gasteiger partial charge >= 0.3 is 5.97 Å². The van der Waals surface area contributed by atoms with Crippen LogP contribution in [0.15, 0.2) is 18.2 Å². The Labute approximate surface area is 104 Å². The van der Waals surface area contributed by atoms with Crippen LogP contribution in [0, 0.1) is 0 Å². The highest BCUT2D eigenvalue weighted by Gasteiger charge is 2.36. The van der Waals surface area contributed by atoms with Crippen molar-refractivity contribution in [1.82, 2.24) is 4.90 Å². The maximum Gasteiger partial charge on any atom is 0.329 e. The van der Waals surface area contributed by atoms with E-state index < -0.39 is 17.4 Å². The summed E-state index contributed by atoms with van der Waals surface area (Å²) in [6.45, 7) is 2.74. The molecule has 0 aliphatic rings. The number of amides is 1. The molecule has 0 heterocycles. The van der Waals surface area contributed by atoms with Gasteiger partial charge < -0.3 is 20.2 Å². The van der Waals surface area contributed by atoms with Gasteiger partial charge in [-0.3, -0.25) is 4.79 Å². The Bertz CT molecular complexity index is 495. The number of nitrogens with zero attached hydrogens (tertiary/aromatic N) is 1. The molecule has 0 atom stereocenters. The van der Waals surface area contributed by atoms with Gasteiger partial charge in [0.25, 0.3) is 5.91 Å². The van der Waals surface area contributed by atoms with Crippen LogP contribution in [0.2, 0.25) is 0 Å². The number of benzene rings is 1. The van der Waals surface area contributed by atoms with E-state index in [-0.39, 0.29) is 17.1 Å². The SMILES string of the molecule is CN(C(=O)c1cc(O)ccc1O)C(C)(C)C(=O)O. The number of rotatable bonds is 3. The maximum absolute atomic E-state index is 12.1. The summed E-state index contributed by atoms with van der Waals surface area (Å²) < 4.78 is 0. The molecule has 1 rings (SSSR count). The molecule has 1 aromatic rings. The van der Waals surface area contributed by atoms with Gasteiger partial charge in [0.05, 0.1) is 5.56 Å². The minimum Gasteiger partial charge on any atom is -0.508 e. The van der Waals surface area contributed by atoms with Gasteiger partial charge in [0.1, 0.15) is 17.0 Å². The second-order valence-electron chi connectivity index (χ2n) is 4.43. The first-order valence-electron chi connectivity index (χ1n) is 5.21. The number of aliphatic carboxylic acids is 1. The van der Waals surface area contributed by atoms with Crippen molar-refractivity contribution in [2.45, 2.75) is 19.4 Å². The fourth-order valence-corrected chi connectivity index (χ4v) is 1.27. The lowest BCUT2D eigenvalue weighted by Crippen LogP contribution is -2.50. The summed E-state index contributed by atoms with van der Waals surface area (Å²) in [4.78, 5) is 24.1. The molecule has 0 aliphatic carbocycles. The summed E-state index contributed by atoms with van der Waals surface area (Å²) in [5, 5.41) is 27.9. The number of likely N-dealkylation sites (N-methyl/N-ethyl adjacent to an activating group) is 1. The van der Waals surface area contributed by atoms with Gasteiger partial charge in [-0.1, -0.05) is 0 Å². The van der Waals surface area contributed by atoms with Crippen LogP contribution in [0.3, 0.4) is 0 Å². The van der Waals surface area contributed by atoms with E-state index in [0.717, 1.165) is 11.0 Å². The number of hydrogen-bond acceptors (Lipinski definition) is 4. The van der Waals surface area contributed by atoms with Gasteiger partial charge in [-0.2, -0.15) is 0 Å². The predicted molar refractivity (Wildman–Crippen MR) is 63.6 cm³/mol. The average Bonchev–Trinajstić information content (AvgIpc) is 2.30. The highest BCUT2D eigenvalue weighted by molar-refractivity contribution is 5.99. The molecule has 1 aromatic carbocycles. The number of hydrogen-bond donors (Lipinski definition) is 3. The minimum atomic E-state index is -1.42. The van der Waals surface area contributed by atoms with Crippen LogP contribution in [0.25, 0.3) is 0 Å². The Hall–Kier alpha value is -2.24. The summed E-state index contributed by atoms with van der Waals surface area (Å²) in [5.41, 5.74) is -1.57. The molecule has 18 heavy (non-hydrogen) atoms. The van der Waals surface area contributed by atoms with Crippen molar-refractivity contribution in [3.63, 3.8) is 0 Å². The van der Waals surface area contributed by atoms with Crippen LogP contribution in [-0.2, 0) is 4.79 Å². The quantitative estimate of drug-likeness (QED) is 0.699. The van der Waals surface area contributed by atoms with Gasteiger partial charge in [0.15, 0.2) is 0 Å². The van der Waals surface area contributed by atoms with E-state index in [9.17, 15) is 19.8 Å². The first-order valence-corrected chi connectivity index (χ1v) is 5.21. The molecular weight excluding hydrogens is 238 g/mol. The zero-order chi connectivity index (χ0) is 14.1. The molecule has 0 spiro atoms. The van der Waals surface area contributed by atoms with Crippen molar-refractivity contribution >= 4 is 11.9 Å². The Morgan fingerprint density at radius 1 is 1.22 bits per heavy atom. The van der Waals surface area contributed by atoms with E-state index in [1.807, 2.05) is 0 Å². The molecule has 0 radical (unpaired) electrons. The Morgan fingerprint density at radius 3 is 2.28 bits per heavy atom. The van der Waals surface area contributed by atoms with Crippen molar-refractivity contribution in [3.05, 3.63) is 23.8 Å². The fourth-order valence-electron chi connectivity index (χ4n) is 1.27. The summed E-state index contributed by atoms with van der Waals surface area (Å²) in [6, 6.07) is 3.49. The molecule has 1 amide bonds. The molecular formula is C12H15NO5. The second kappa shape index (κ2) is 4.56. The lowest BCUT2D eigenvalue weighted by molar-refractivity contribution is -0.147. The van der Waals surface area contributed by atoms with Crippen LogP contribution in [-0.4, -0.2) is 44.7 Å². The van der Waals surface area contributed by atoms with E-state index in [1.165, 1.54) is 33.0 Å². The van der Waals surface area contributed by atoms with E-state index in [2.05, 4.69) is 0 Å².